The van der Waals surface area contributed by atoms with Crippen molar-refractivity contribution in [3.05, 3.63) is 17.4 Å². The van der Waals surface area contributed by atoms with Crippen LogP contribution in [0.3, 0.4) is 0 Å². The monoisotopic (exact) mass is 154 g/mol. The Hall–Kier alpha value is -0.940. The van der Waals surface area contributed by atoms with E-state index >= 15 is 0 Å². The molecule has 0 aliphatic rings. The molecule has 0 fully saturated rings. The Morgan fingerprint density at radius 2 is 2.60 bits per heavy atom. The summed E-state index contributed by atoms with van der Waals surface area (Å²) < 4.78 is 1.72. The molecule has 0 saturated carbocycles. The van der Waals surface area contributed by atoms with Crippen molar-refractivity contribution < 1.29 is 0 Å². The van der Waals surface area contributed by atoms with Gasteiger partial charge in [0.25, 0.3) is 0 Å². The van der Waals surface area contributed by atoms with Crippen LogP contribution in [0.4, 0.5) is 0 Å². The van der Waals surface area contributed by atoms with E-state index in [9.17, 15) is 0 Å². The van der Waals surface area contributed by atoms with Gasteiger partial charge in [0.15, 0.2) is 5.15 Å². The average molecular weight is 155 g/mol. The summed E-state index contributed by atoms with van der Waals surface area (Å²) in [6.07, 6.45) is 7.56. The molecule has 0 spiro atoms. The van der Waals surface area contributed by atoms with Crippen molar-refractivity contribution in [2.45, 2.75) is 13.0 Å². The third kappa shape index (κ3) is 1.78. The molecule has 0 bridgehead atoms. The van der Waals surface area contributed by atoms with E-state index < -0.39 is 0 Å². The van der Waals surface area contributed by atoms with E-state index in [2.05, 4.69) is 11.0 Å². The molecular weight excluding hydrogens is 148 g/mol. The molecule has 10 heavy (non-hydrogen) atoms. The predicted octanol–water partition coefficient (Wildman–Crippen LogP) is 1.56. The summed E-state index contributed by atoms with van der Waals surface area (Å²) in [6, 6.07) is 1.73. The van der Waals surface area contributed by atoms with Crippen LogP contribution in [-0.4, -0.2) is 9.78 Å². The van der Waals surface area contributed by atoms with Gasteiger partial charge in [-0.2, -0.15) is 5.10 Å². The number of aromatic nitrogens is 2. The van der Waals surface area contributed by atoms with Crippen molar-refractivity contribution in [3.63, 3.8) is 0 Å². The van der Waals surface area contributed by atoms with Gasteiger partial charge in [-0.15, -0.1) is 12.3 Å². The van der Waals surface area contributed by atoms with Gasteiger partial charge in [-0.3, -0.25) is 4.68 Å². The van der Waals surface area contributed by atoms with Crippen LogP contribution >= 0.6 is 11.6 Å². The first kappa shape index (κ1) is 7.17. The maximum Gasteiger partial charge on any atom is 0.151 e. The highest BCUT2D eigenvalue weighted by atomic mass is 35.5. The molecule has 0 radical (unpaired) electrons. The van der Waals surface area contributed by atoms with Crippen LogP contribution in [0, 0.1) is 12.3 Å². The summed E-state index contributed by atoms with van der Waals surface area (Å²) in [5.41, 5.74) is 0. The number of halogens is 1. The van der Waals surface area contributed by atoms with Crippen LogP contribution < -0.4 is 0 Å². The van der Waals surface area contributed by atoms with Gasteiger partial charge in [-0.1, -0.05) is 11.6 Å². The first-order valence-corrected chi connectivity index (χ1v) is 3.33. The largest absolute Gasteiger partial charge is 0.270 e. The second-order valence-corrected chi connectivity index (χ2v) is 2.24. The molecule has 3 heteroatoms. The SMILES string of the molecule is C#CCCn1ccc(Cl)n1. The van der Waals surface area contributed by atoms with Crippen molar-refractivity contribution in [3.8, 4) is 12.3 Å². The van der Waals surface area contributed by atoms with Gasteiger partial charge < -0.3 is 0 Å². The molecule has 2 nitrogen and oxygen atoms in total. The molecule has 0 aliphatic carbocycles. The average Bonchev–Trinajstić information content (AvgIpc) is 2.31. The first-order valence-electron chi connectivity index (χ1n) is 2.95. The van der Waals surface area contributed by atoms with Crippen LogP contribution in [0.1, 0.15) is 6.42 Å². The Kier molecular flexibility index (Phi) is 2.35. The minimum atomic E-state index is 0.511. The van der Waals surface area contributed by atoms with Crippen LogP contribution in [0.2, 0.25) is 5.15 Å². The molecule has 0 aromatic carbocycles. The molecule has 52 valence electrons. The standard InChI is InChI=1S/C7H7ClN2/c1-2-3-5-10-6-4-7(8)9-10/h1,4,6H,3,5H2. The van der Waals surface area contributed by atoms with Gasteiger partial charge in [-0.05, 0) is 6.07 Å². The van der Waals surface area contributed by atoms with Crippen molar-refractivity contribution >= 4 is 11.6 Å². The molecular formula is C7H7ClN2. The van der Waals surface area contributed by atoms with Crippen molar-refractivity contribution in [1.29, 1.82) is 0 Å². The molecule has 1 aromatic heterocycles. The third-order valence-corrected chi connectivity index (χ3v) is 1.29. The van der Waals surface area contributed by atoms with Crippen LogP contribution in [0.15, 0.2) is 12.3 Å². The van der Waals surface area contributed by atoms with Gasteiger partial charge in [0.05, 0.1) is 6.54 Å². The number of rotatable bonds is 2. The van der Waals surface area contributed by atoms with Gasteiger partial charge in [0.1, 0.15) is 0 Å². The Morgan fingerprint density at radius 1 is 1.80 bits per heavy atom. The van der Waals surface area contributed by atoms with Crippen LogP contribution in [0.25, 0.3) is 0 Å². The van der Waals surface area contributed by atoms with E-state index in [1.165, 1.54) is 0 Å². The minimum Gasteiger partial charge on any atom is -0.270 e. The van der Waals surface area contributed by atoms with Gasteiger partial charge in [0.2, 0.25) is 0 Å². The predicted molar refractivity (Wildman–Crippen MR) is 40.7 cm³/mol. The topological polar surface area (TPSA) is 17.8 Å². The van der Waals surface area contributed by atoms with Crippen molar-refractivity contribution in [2.24, 2.45) is 0 Å². The lowest BCUT2D eigenvalue weighted by Crippen LogP contribution is -1.96. The van der Waals surface area contributed by atoms with E-state index in [4.69, 9.17) is 18.0 Å². The highest BCUT2D eigenvalue weighted by molar-refractivity contribution is 6.29. The van der Waals surface area contributed by atoms with E-state index in [0.717, 1.165) is 6.54 Å². The summed E-state index contributed by atoms with van der Waals surface area (Å²) in [7, 11) is 0. The summed E-state index contributed by atoms with van der Waals surface area (Å²) in [5.74, 6) is 2.52. The Bertz CT molecular complexity index is 246. The van der Waals surface area contributed by atoms with E-state index in [0.29, 0.717) is 11.6 Å². The van der Waals surface area contributed by atoms with Crippen LogP contribution in [0.5, 0.6) is 0 Å². The number of terminal acetylenes is 1. The fraction of sp³-hybridized carbons (Fsp3) is 0.286. The molecule has 0 saturated heterocycles. The third-order valence-electron chi connectivity index (χ3n) is 1.09. The van der Waals surface area contributed by atoms with Gasteiger partial charge >= 0.3 is 0 Å². The first-order chi connectivity index (χ1) is 4.83. The molecule has 0 atom stereocenters. The molecule has 1 heterocycles. The lowest BCUT2D eigenvalue weighted by molar-refractivity contribution is 0.630. The zero-order valence-corrected chi connectivity index (χ0v) is 6.17. The number of hydrogen-bond acceptors (Lipinski definition) is 1. The fourth-order valence-electron chi connectivity index (χ4n) is 0.641. The number of aryl methyl sites for hydroxylation is 1. The molecule has 0 aliphatic heterocycles. The summed E-state index contributed by atoms with van der Waals surface area (Å²) in [4.78, 5) is 0. The Morgan fingerprint density at radius 3 is 3.10 bits per heavy atom. The Labute approximate surface area is 64.8 Å². The zero-order chi connectivity index (χ0) is 7.40. The maximum atomic E-state index is 5.56. The quantitative estimate of drug-likeness (QED) is 0.592. The molecule has 1 aromatic rings. The summed E-state index contributed by atoms with van der Waals surface area (Å²) in [5, 5.41) is 4.45. The van der Waals surface area contributed by atoms with Crippen molar-refractivity contribution in [2.75, 3.05) is 0 Å². The lowest BCUT2D eigenvalue weighted by Gasteiger charge is -1.93. The molecule has 0 unspecified atom stereocenters. The Balaban J connectivity index is 2.52. The summed E-state index contributed by atoms with van der Waals surface area (Å²) in [6.45, 7) is 0.739. The van der Waals surface area contributed by atoms with Crippen LogP contribution in [-0.2, 0) is 6.54 Å². The number of hydrogen-bond donors (Lipinski definition) is 0. The van der Waals surface area contributed by atoms with E-state index in [1.807, 2.05) is 0 Å². The minimum absolute atomic E-state index is 0.511. The van der Waals surface area contributed by atoms with Gasteiger partial charge in [-0.25, -0.2) is 0 Å². The normalized spacial score (nSPS) is 9.20. The number of nitrogens with zero attached hydrogens (tertiary/aromatic N) is 2. The summed E-state index contributed by atoms with van der Waals surface area (Å²) >= 11 is 5.56. The smallest absolute Gasteiger partial charge is 0.151 e. The lowest BCUT2D eigenvalue weighted by atomic mass is 10.4. The molecule has 1 rings (SSSR count). The zero-order valence-electron chi connectivity index (χ0n) is 5.42. The second kappa shape index (κ2) is 3.28. The van der Waals surface area contributed by atoms with E-state index in [-0.39, 0.29) is 0 Å². The molecule has 0 amide bonds. The fourth-order valence-corrected chi connectivity index (χ4v) is 0.794. The highest BCUT2D eigenvalue weighted by Crippen LogP contribution is 2.02. The van der Waals surface area contributed by atoms with Crippen molar-refractivity contribution in [1.82, 2.24) is 9.78 Å². The molecule has 0 N–H and O–H groups in total. The maximum absolute atomic E-state index is 5.56. The van der Waals surface area contributed by atoms with Gasteiger partial charge in [0, 0.05) is 12.6 Å². The second-order valence-electron chi connectivity index (χ2n) is 1.86. The van der Waals surface area contributed by atoms with E-state index in [1.54, 1.807) is 16.9 Å². The highest BCUT2D eigenvalue weighted by Gasteiger charge is 1.91.